The summed E-state index contributed by atoms with van der Waals surface area (Å²) < 4.78 is 59.4. The summed E-state index contributed by atoms with van der Waals surface area (Å²) in [6.07, 6.45) is -6.49. The number of rotatable bonds is 4. The van der Waals surface area contributed by atoms with E-state index in [0.29, 0.717) is 0 Å². The SMILES string of the molecule is CCOC(=O)O/C(=C/S(=O)OC)C(F)(F)F. The smallest absolute Gasteiger partial charge is 0.434 e. The van der Waals surface area contributed by atoms with Crippen LogP contribution in [0.15, 0.2) is 11.2 Å². The van der Waals surface area contributed by atoms with Crippen LogP contribution < -0.4 is 0 Å². The van der Waals surface area contributed by atoms with E-state index >= 15 is 0 Å². The summed E-state index contributed by atoms with van der Waals surface area (Å²) in [5, 5.41) is 0.122. The monoisotopic (exact) mass is 262 g/mol. The second-order valence-electron chi connectivity index (χ2n) is 2.19. The first-order valence-electron chi connectivity index (χ1n) is 3.90. The van der Waals surface area contributed by atoms with Gasteiger partial charge in [0, 0.05) is 0 Å². The van der Waals surface area contributed by atoms with Crippen LogP contribution in [0.25, 0.3) is 0 Å². The Morgan fingerprint density at radius 2 is 2.00 bits per heavy atom. The lowest BCUT2D eigenvalue weighted by Gasteiger charge is -2.10. The molecule has 94 valence electrons. The van der Waals surface area contributed by atoms with Crippen LogP contribution in [0, 0.1) is 0 Å². The third-order valence-corrected chi connectivity index (χ3v) is 1.84. The van der Waals surface area contributed by atoms with Crippen molar-refractivity contribution in [2.24, 2.45) is 0 Å². The van der Waals surface area contributed by atoms with E-state index in [-0.39, 0.29) is 12.0 Å². The van der Waals surface area contributed by atoms with Crippen molar-refractivity contribution in [1.82, 2.24) is 0 Å². The highest BCUT2D eigenvalue weighted by Crippen LogP contribution is 2.27. The molecule has 9 heteroatoms. The van der Waals surface area contributed by atoms with Gasteiger partial charge in [-0.1, -0.05) is 0 Å². The summed E-state index contributed by atoms with van der Waals surface area (Å²) in [6, 6.07) is 0. The molecule has 0 bridgehead atoms. The predicted molar refractivity (Wildman–Crippen MR) is 47.4 cm³/mol. The van der Waals surface area contributed by atoms with Crippen molar-refractivity contribution in [3.8, 4) is 0 Å². The lowest BCUT2D eigenvalue weighted by Crippen LogP contribution is -2.19. The molecule has 0 aliphatic carbocycles. The molecule has 0 aromatic heterocycles. The molecule has 5 nitrogen and oxygen atoms in total. The van der Waals surface area contributed by atoms with Gasteiger partial charge in [-0.05, 0) is 6.92 Å². The van der Waals surface area contributed by atoms with E-state index in [0.717, 1.165) is 7.11 Å². The standard InChI is InChI=1S/C7H9F3O5S/c1-3-14-6(11)15-5(7(8,9)10)4-16(12)13-2/h4H,3H2,1-2H3/b5-4+. The molecule has 1 atom stereocenters. The molecule has 0 amide bonds. The lowest BCUT2D eigenvalue weighted by molar-refractivity contribution is -0.125. The van der Waals surface area contributed by atoms with Gasteiger partial charge in [-0.3, -0.25) is 4.18 Å². The largest absolute Gasteiger partial charge is 0.513 e. The van der Waals surface area contributed by atoms with Gasteiger partial charge in [0.1, 0.15) is 0 Å². The molecule has 0 rings (SSSR count). The molecule has 16 heavy (non-hydrogen) atoms. The van der Waals surface area contributed by atoms with Crippen molar-refractivity contribution in [3.63, 3.8) is 0 Å². The second-order valence-corrected chi connectivity index (χ2v) is 3.28. The molecule has 0 aromatic carbocycles. The van der Waals surface area contributed by atoms with E-state index < -0.39 is 29.2 Å². The van der Waals surface area contributed by atoms with Crippen LogP contribution in [0.2, 0.25) is 0 Å². The quantitative estimate of drug-likeness (QED) is 0.571. The van der Waals surface area contributed by atoms with Gasteiger partial charge in [-0.25, -0.2) is 9.00 Å². The average Bonchev–Trinajstić information content (AvgIpc) is 2.15. The second kappa shape index (κ2) is 6.48. The first kappa shape index (κ1) is 14.9. The summed E-state index contributed by atoms with van der Waals surface area (Å²) in [5.74, 6) is -1.74. The third-order valence-electron chi connectivity index (χ3n) is 1.10. The number of halogens is 3. The van der Waals surface area contributed by atoms with Crippen molar-refractivity contribution < 1.29 is 35.8 Å². The van der Waals surface area contributed by atoms with Gasteiger partial charge in [0.25, 0.3) is 0 Å². The molecular formula is C7H9F3O5S. The van der Waals surface area contributed by atoms with Crippen LogP contribution in [-0.2, 0) is 24.7 Å². The molecule has 0 radical (unpaired) electrons. The number of carbonyl (C=O) groups is 1. The van der Waals surface area contributed by atoms with Gasteiger partial charge in [0.2, 0.25) is 5.76 Å². The Labute approximate surface area is 91.8 Å². The van der Waals surface area contributed by atoms with Gasteiger partial charge < -0.3 is 9.47 Å². The molecular weight excluding hydrogens is 253 g/mol. The molecule has 0 spiro atoms. The number of ether oxygens (including phenoxy) is 2. The number of alkyl halides is 3. The first-order chi connectivity index (χ1) is 7.31. The molecule has 0 aliphatic rings. The van der Waals surface area contributed by atoms with Gasteiger partial charge in [0.05, 0.1) is 19.1 Å². The Hall–Kier alpha value is -1.09. The summed E-state index contributed by atoms with van der Waals surface area (Å²) in [7, 11) is 0.935. The summed E-state index contributed by atoms with van der Waals surface area (Å²) in [5.41, 5.74) is 0. The van der Waals surface area contributed by atoms with Crippen molar-refractivity contribution in [2.75, 3.05) is 13.7 Å². The fraction of sp³-hybridized carbons (Fsp3) is 0.571. The number of allylic oxidation sites excluding steroid dienone is 1. The average molecular weight is 262 g/mol. The van der Waals surface area contributed by atoms with E-state index in [4.69, 9.17) is 0 Å². The van der Waals surface area contributed by atoms with Gasteiger partial charge in [-0.15, -0.1) is 0 Å². The highest BCUT2D eigenvalue weighted by molar-refractivity contribution is 7.83. The Kier molecular flexibility index (Phi) is 6.04. The first-order valence-corrected chi connectivity index (χ1v) is 5.03. The van der Waals surface area contributed by atoms with Crippen molar-refractivity contribution in [2.45, 2.75) is 13.1 Å². The predicted octanol–water partition coefficient (Wildman–Crippen LogP) is 1.87. The van der Waals surface area contributed by atoms with E-state index in [1.54, 1.807) is 0 Å². The Morgan fingerprint density at radius 1 is 1.44 bits per heavy atom. The summed E-state index contributed by atoms with van der Waals surface area (Å²) in [4.78, 5) is 10.6. The Bertz CT molecular complexity index is 299. The summed E-state index contributed by atoms with van der Waals surface area (Å²) in [6.45, 7) is 1.25. The molecule has 0 saturated carbocycles. The summed E-state index contributed by atoms with van der Waals surface area (Å²) >= 11 is -2.34. The zero-order chi connectivity index (χ0) is 12.8. The zero-order valence-electron chi connectivity index (χ0n) is 8.37. The van der Waals surface area contributed by atoms with E-state index in [1.807, 2.05) is 0 Å². The van der Waals surface area contributed by atoms with Crippen LogP contribution >= 0.6 is 0 Å². The maximum atomic E-state index is 12.2. The highest BCUT2D eigenvalue weighted by Gasteiger charge is 2.38. The minimum Gasteiger partial charge on any atom is -0.434 e. The maximum Gasteiger partial charge on any atom is 0.513 e. The van der Waals surface area contributed by atoms with Crippen molar-refractivity contribution in [1.29, 1.82) is 0 Å². The maximum absolute atomic E-state index is 12.2. The highest BCUT2D eigenvalue weighted by atomic mass is 32.2. The molecule has 0 saturated heterocycles. The van der Waals surface area contributed by atoms with Crippen LogP contribution in [0.3, 0.4) is 0 Å². The molecule has 1 unspecified atom stereocenters. The minimum absolute atomic E-state index is 0.122. The van der Waals surface area contributed by atoms with Gasteiger partial charge >= 0.3 is 12.3 Å². The third kappa shape index (κ3) is 5.71. The fourth-order valence-corrected chi connectivity index (χ4v) is 0.974. The molecule has 0 fully saturated rings. The van der Waals surface area contributed by atoms with E-state index in [2.05, 4.69) is 13.7 Å². The Balaban J connectivity index is 4.77. The van der Waals surface area contributed by atoms with Gasteiger partial charge in [0.15, 0.2) is 11.1 Å². The molecule has 0 heterocycles. The fourth-order valence-electron chi connectivity index (χ4n) is 0.521. The zero-order valence-corrected chi connectivity index (χ0v) is 9.18. The number of hydrogen-bond acceptors (Lipinski definition) is 5. The number of hydrogen-bond donors (Lipinski definition) is 0. The van der Waals surface area contributed by atoms with Crippen LogP contribution in [0.1, 0.15) is 6.92 Å². The topological polar surface area (TPSA) is 61.8 Å². The number of carbonyl (C=O) groups excluding carboxylic acids is 1. The van der Waals surface area contributed by atoms with Crippen LogP contribution in [0.4, 0.5) is 18.0 Å². The normalized spacial score (nSPS) is 14.4. The van der Waals surface area contributed by atoms with Crippen LogP contribution in [0.5, 0.6) is 0 Å². The molecule has 0 aromatic rings. The lowest BCUT2D eigenvalue weighted by atomic mass is 10.5. The van der Waals surface area contributed by atoms with Crippen molar-refractivity contribution in [3.05, 3.63) is 11.2 Å². The Morgan fingerprint density at radius 3 is 2.38 bits per heavy atom. The molecule has 0 aliphatic heterocycles. The van der Waals surface area contributed by atoms with Gasteiger partial charge in [-0.2, -0.15) is 13.2 Å². The van der Waals surface area contributed by atoms with E-state index in [9.17, 15) is 22.2 Å². The van der Waals surface area contributed by atoms with Crippen LogP contribution in [-0.4, -0.2) is 30.3 Å². The minimum atomic E-state index is -4.96. The van der Waals surface area contributed by atoms with E-state index in [1.165, 1.54) is 6.92 Å². The molecule has 0 N–H and O–H groups in total. The van der Waals surface area contributed by atoms with Crippen molar-refractivity contribution >= 4 is 17.2 Å².